The minimum absolute atomic E-state index is 0.264. The molecular weight excluding hydrogens is 184 g/mol. The van der Waals surface area contributed by atoms with Gasteiger partial charge in [0.2, 0.25) is 0 Å². The minimum atomic E-state index is 0.264. The zero-order chi connectivity index (χ0) is 11.3. The van der Waals surface area contributed by atoms with E-state index in [0.717, 1.165) is 12.5 Å². The predicted octanol–water partition coefficient (Wildman–Crippen LogP) is 2.50. The maximum absolute atomic E-state index is 3.56. The van der Waals surface area contributed by atoms with Gasteiger partial charge in [0.05, 0.1) is 0 Å². The topological polar surface area (TPSA) is 15.3 Å². The van der Waals surface area contributed by atoms with Gasteiger partial charge in [-0.05, 0) is 46.1 Å². The molecule has 2 nitrogen and oxygen atoms in total. The molecule has 2 heteroatoms. The summed E-state index contributed by atoms with van der Waals surface area (Å²) in [5.74, 6) is 0.952. The van der Waals surface area contributed by atoms with E-state index in [9.17, 15) is 0 Å². The fraction of sp³-hybridized carbons (Fsp3) is 1.00. The Kier molecular flexibility index (Phi) is 5.07. The SMILES string of the molecule is CCC1CCCN(CCNC(C)(C)C)C1. The molecule has 1 unspecified atom stereocenters. The first-order valence-corrected chi connectivity index (χ1v) is 6.48. The number of likely N-dealkylation sites (tertiary alicyclic amines) is 1. The quantitative estimate of drug-likeness (QED) is 0.770. The number of nitrogens with zero attached hydrogens (tertiary/aromatic N) is 1. The molecule has 1 rings (SSSR count). The number of hydrogen-bond acceptors (Lipinski definition) is 2. The summed E-state index contributed by atoms with van der Waals surface area (Å²) >= 11 is 0. The van der Waals surface area contributed by atoms with Gasteiger partial charge >= 0.3 is 0 Å². The van der Waals surface area contributed by atoms with E-state index in [-0.39, 0.29) is 5.54 Å². The third-order valence-corrected chi connectivity index (χ3v) is 3.26. The second-order valence-electron chi connectivity index (χ2n) is 5.89. The molecule has 0 aliphatic carbocycles. The summed E-state index contributed by atoms with van der Waals surface area (Å²) in [6.45, 7) is 14.0. The number of rotatable bonds is 4. The van der Waals surface area contributed by atoms with Gasteiger partial charge in [-0.15, -0.1) is 0 Å². The van der Waals surface area contributed by atoms with Gasteiger partial charge in [-0.25, -0.2) is 0 Å². The van der Waals surface area contributed by atoms with E-state index in [1.807, 2.05) is 0 Å². The average molecular weight is 212 g/mol. The Balaban J connectivity index is 2.15. The summed E-state index contributed by atoms with van der Waals surface area (Å²) < 4.78 is 0. The van der Waals surface area contributed by atoms with Crippen LogP contribution in [0, 0.1) is 5.92 Å². The zero-order valence-corrected chi connectivity index (χ0v) is 11.0. The van der Waals surface area contributed by atoms with Crippen LogP contribution < -0.4 is 5.32 Å². The van der Waals surface area contributed by atoms with Crippen LogP contribution in [0.2, 0.25) is 0 Å². The Morgan fingerprint density at radius 1 is 1.33 bits per heavy atom. The molecule has 0 aromatic rings. The van der Waals surface area contributed by atoms with E-state index >= 15 is 0 Å². The third kappa shape index (κ3) is 5.53. The summed E-state index contributed by atoms with van der Waals surface area (Å²) in [6.07, 6.45) is 4.19. The molecule has 15 heavy (non-hydrogen) atoms. The van der Waals surface area contributed by atoms with Crippen LogP contribution in [-0.4, -0.2) is 36.6 Å². The molecule has 0 saturated carbocycles. The highest BCUT2D eigenvalue weighted by Crippen LogP contribution is 2.18. The van der Waals surface area contributed by atoms with E-state index in [2.05, 4.69) is 37.9 Å². The Labute approximate surface area is 95.4 Å². The van der Waals surface area contributed by atoms with Crippen molar-refractivity contribution in [1.82, 2.24) is 10.2 Å². The van der Waals surface area contributed by atoms with Gasteiger partial charge in [0, 0.05) is 25.2 Å². The van der Waals surface area contributed by atoms with Crippen molar-refractivity contribution in [3.8, 4) is 0 Å². The van der Waals surface area contributed by atoms with Crippen molar-refractivity contribution in [2.45, 2.75) is 52.5 Å². The van der Waals surface area contributed by atoms with Crippen LogP contribution in [0.3, 0.4) is 0 Å². The van der Waals surface area contributed by atoms with Crippen molar-refractivity contribution in [2.24, 2.45) is 5.92 Å². The second-order valence-corrected chi connectivity index (χ2v) is 5.89. The molecule has 1 aliphatic rings. The molecule has 1 saturated heterocycles. The van der Waals surface area contributed by atoms with E-state index in [1.165, 1.54) is 38.9 Å². The van der Waals surface area contributed by atoms with Gasteiger partial charge < -0.3 is 10.2 Å². The van der Waals surface area contributed by atoms with Crippen molar-refractivity contribution < 1.29 is 0 Å². The van der Waals surface area contributed by atoms with Crippen LogP contribution in [0.15, 0.2) is 0 Å². The van der Waals surface area contributed by atoms with Gasteiger partial charge in [0.1, 0.15) is 0 Å². The van der Waals surface area contributed by atoms with Crippen LogP contribution in [0.5, 0.6) is 0 Å². The van der Waals surface area contributed by atoms with Gasteiger partial charge in [-0.1, -0.05) is 13.3 Å². The van der Waals surface area contributed by atoms with E-state index in [0.29, 0.717) is 0 Å². The maximum Gasteiger partial charge on any atom is 0.0107 e. The monoisotopic (exact) mass is 212 g/mol. The minimum Gasteiger partial charge on any atom is -0.311 e. The Hall–Kier alpha value is -0.0800. The molecule has 1 fully saturated rings. The number of nitrogens with one attached hydrogen (secondary N) is 1. The standard InChI is InChI=1S/C13H28N2/c1-5-12-7-6-9-15(11-12)10-8-14-13(2,3)4/h12,14H,5-11H2,1-4H3. The van der Waals surface area contributed by atoms with E-state index in [1.54, 1.807) is 0 Å². The van der Waals surface area contributed by atoms with Crippen molar-refractivity contribution >= 4 is 0 Å². The summed E-state index contributed by atoms with van der Waals surface area (Å²) in [4.78, 5) is 2.62. The van der Waals surface area contributed by atoms with Crippen molar-refractivity contribution in [3.05, 3.63) is 0 Å². The molecule has 1 aliphatic heterocycles. The average Bonchev–Trinajstić information content (AvgIpc) is 2.16. The van der Waals surface area contributed by atoms with Crippen molar-refractivity contribution in [1.29, 1.82) is 0 Å². The van der Waals surface area contributed by atoms with Gasteiger partial charge in [0.15, 0.2) is 0 Å². The first-order chi connectivity index (χ1) is 7.01. The number of hydrogen-bond donors (Lipinski definition) is 1. The highest BCUT2D eigenvalue weighted by Gasteiger charge is 2.18. The molecule has 0 aromatic carbocycles. The highest BCUT2D eigenvalue weighted by molar-refractivity contribution is 4.75. The van der Waals surface area contributed by atoms with Gasteiger partial charge in [-0.2, -0.15) is 0 Å². The van der Waals surface area contributed by atoms with Crippen LogP contribution in [0.25, 0.3) is 0 Å². The molecule has 1 heterocycles. The van der Waals surface area contributed by atoms with Gasteiger partial charge in [0.25, 0.3) is 0 Å². The first-order valence-electron chi connectivity index (χ1n) is 6.48. The summed E-state index contributed by atoms with van der Waals surface area (Å²) in [5.41, 5.74) is 0.264. The van der Waals surface area contributed by atoms with Crippen LogP contribution >= 0.6 is 0 Å². The van der Waals surface area contributed by atoms with Crippen LogP contribution in [-0.2, 0) is 0 Å². The van der Waals surface area contributed by atoms with Crippen molar-refractivity contribution in [3.63, 3.8) is 0 Å². The van der Waals surface area contributed by atoms with Crippen molar-refractivity contribution in [2.75, 3.05) is 26.2 Å². The Morgan fingerprint density at radius 2 is 2.07 bits per heavy atom. The molecule has 1 N–H and O–H groups in total. The predicted molar refractivity (Wildman–Crippen MR) is 67.2 cm³/mol. The summed E-state index contributed by atoms with van der Waals surface area (Å²) in [5, 5.41) is 3.56. The molecule has 0 amide bonds. The summed E-state index contributed by atoms with van der Waals surface area (Å²) in [7, 11) is 0. The van der Waals surface area contributed by atoms with Crippen LogP contribution in [0.1, 0.15) is 47.0 Å². The fourth-order valence-electron chi connectivity index (χ4n) is 2.28. The Bertz CT molecular complexity index is 172. The molecule has 0 spiro atoms. The third-order valence-electron chi connectivity index (χ3n) is 3.26. The fourth-order valence-corrected chi connectivity index (χ4v) is 2.28. The van der Waals surface area contributed by atoms with Gasteiger partial charge in [-0.3, -0.25) is 0 Å². The lowest BCUT2D eigenvalue weighted by atomic mass is 9.96. The number of piperidine rings is 1. The molecule has 0 radical (unpaired) electrons. The lowest BCUT2D eigenvalue weighted by Crippen LogP contribution is -2.44. The largest absolute Gasteiger partial charge is 0.311 e. The van der Waals surface area contributed by atoms with Crippen LogP contribution in [0.4, 0.5) is 0 Å². The molecule has 90 valence electrons. The van der Waals surface area contributed by atoms with E-state index in [4.69, 9.17) is 0 Å². The maximum atomic E-state index is 3.56. The molecule has 0 bridgehead atoms. The smallest absolute Gasteiger partial charge is 0.0107 e. The Morgan fingerprint density at radius 3 is 2.67 bits per heavy atom. The zero-order valence-electron chi connectivity index (χ0n) is 11.0. The molecule has 0 aromatic heterocycles. The highest BCUT2D eigenvalue weighted by atomic mass is 15.1. The lowest BCUT2D eigenvalue weighted by Gasteiger charge is -2.33. The summed E-state index contributed by atoms with van der Waals surface area (Å²) in [6, 6.07) is 0. The molecule has 1 atom stereocenters. The first kappa shape index (κ1) is 13.0. The normalized spacial score (nSPS) is 24.4. The van der Waals surface area contributed by atoms with E-state index < -0.39 is 0 Å². The lowest BCUT2D eigenvalue weighted by molar-refractivity contribution is 0.169. The molecular formula is C13H28N2. The second kappa shape index (κ2) is 5.86.